The molecule has 174 valence electrons. The van der Waals surface area contributed by atoms with Crippen molar-refractivity contribution in [1.82, 2.24) is 9.88 Å². The number of H-pyrrole nitrogens is 1. The van der Waals surface area contributed by atoms with Gasteiger partial charge >= 0.3 is 5.97 Å². The number of aliphatic imine (C=N–C) groups is 1. The van der Waals surface area contributed by atoms with Crippen LogP contribution in [0.1, 0.15) is 22.3 Å². The average Bonchev–Trinajstić information content (AvgIpc) is 3.11. The second-order valence-corrected chi connectivity index (χ2v) is 8.49. The molecular formula is C27H26FN3O3. The highest BCUT2D eigenvalue weighted by molar-refractivity contribution is 6.21. The number of fused-ring (bicyclic) bond motifs is 1. The number of nitrogens with zero attached hydrogens (tertiary/aromatic N) is 2. The van der Waals surface area contributed by atoms with Crippen LogP contribution >= 0.6 is 0 Å². The van der Waals surface area contributed by atoms with Crippen molar-refractivity contribution < 1.29 is 19.4 Å². The number of carboxylic acids is 1. The van der Waals surface area contributed by atoms with E-state index in [1.807, 2.05) is 32.3 Å². The van der Waals surface area contributed by atoms with Gasteiger partial charge in [-0.05, 0) is 62.0 Å². The van der Waals surface area contributed by atoms with Gasteiger partial charge in [0.2, 0.25) is 0 Å². The zero-order valence-electron chi connectivity index (χ0n) is 19.0. The van der Waals surface area contributed by atoms with Gasteiger partial charge in [-0.3, -0.25) is 4.79 Å². The zero-order valence-corrected chi connectivity index (χ0v) is 19.0. The van der Waals surface area contributed by atoms with E-state index in [4.69, 9.17) is 10.1 Å². The summed E-state index contributed by atoms with van der Waals surface area (Å²) in [5, 5.41) is 20.5. The van der Waals surface area contributed by atoms with Crippen LogP contribution in [-0.2, 0) is 17.6 Å². The monoisotopic (exact) mass is 459 g/mol. The molecule has 6 nitrogen and oxygen atoms in total. The molecule has 1 aromatic heterocycles. The summed E-state index contributed by atoms with van der Waals surface area (Å²) in [7, 11) is 4.05. The summed E-state index contributed by atoms with van der Waals surface area (Å²) in [5.41, 5.74) is 4.64. The Hall–Kier alpha value is -3.97. The van der Waals surface area contributed by atoms with Crippen molar-refractivity contribution in [1.29, 1.82) is 0 Å². The largest absolute Gasteiger partial charge is 0.494 e. The minimum atomic E-state index is -0.910. The normalized spacial score (nSPS) is 11.9. The predicted octanol–water partition coefficient (Wildman–Crippen LogP) is 4.91. The van der Waals surface area contributed by atoms with E-state index in [1.54, 1.807) is 30.3 Å². The predicted molar refractivity (Wildman–Crippen MR) is 132 cm³/mol. The maximum Gasteiger partial charge on any atom is 0.307 e. The number of hydrogen-bond acceptors (Lipinski definition) is 4. The Morgan fingerprint density at radius 1 is 1.03 bits per heavy atom. The van der Waals surface area contributed by atoms with Gasteiger partial charge in [0.1, 0.15) is 5.82 Å². The molecule has 0 aliphatic carbocycles. The number of aromatic hydroxyl groups is 1. The van der Waals surface area contributed by atoms with Crippen LogP contribution in [-0.4, -0.2) is 52.4 Å². The van der Waals surface area contributed by atoms with Gasteiger partial charge in [-0.2, -0.15) is 0 Å². The molecule has 0 saturated carbocycles. The Labute approximate surface area is 197 Å². The number of aromatic nitrogens is 1. The van der Waals surface area contributed by atoms with Crippen LogP contribution in [0.15, 0.2) is 71.7 Å². The van der Waals surface area contributed by atoms with Crippen LogP contribution < -0.4 is 0 Å². The van der Waals surface area contributed by atoms with E-state index in [0.717, 1.165) is 24.2 Å². The van der Waals surface area contributed by atoms with Crippen LogP contribution in [0.2, 0.25) is 0 Å². The summed E-state index contributed by atoms with van der Waals surface area (Å²) in [4.78, 5) is 20.9. The van der Waals surface area contributed by atoms with E-state index >= 15 is 0 Å². The van der Waals surface area contributed by atoms with Gasteiger partial charge in [-0.25, -0.2) is 9.38 Å². The second kappa shape index (κ2) is 9.89. The number of benzene rings is 3. The van der Waals surface area contributed by atoms with Gasteiger partial charge in [0, 0.05) is 17.5 Å². The van der Waals surface area contributed by atoms with Gasteiger partial charge in [0.15, 0.2) is 5.88 Å². The lowest BCUT2D eigenvalue weighted by Gasteiger charge is -2.11. The van der Waals surface area contributed by atoms with Gasteiger partial charge in [0.25, 0.3) is 0 Å². The van der Waals surface area contributed by atoms with Gasteiger partial charge in [-0.1, -0.05) is 36.4 Å². The van der Waals surface area contributed by atoms with E-state index in [-0.39, 0.29) is 12.3 Å². The van der Waals surface area contributed by atoms with E-state index in [1.165, 1.54) is 12.1 Å². The first-order chi connectivity index (χ1) is 16.3. The standard InChI is InChI=1S/C27H26FN3O3/c1-31(2)13-12-17-4-3-5-21(14-17)29-26(19-8-6-18(7-9-19)15-24(32)33)25-22-11-10-20(28)16-23(22)30-27(25)34/h3-11,14,16,30,34H,12-13,15H2,1-2H3,(H,32,33). The first-order valence-electron chi connectivity index (χ1n) is 10.9. The van der Waals surface area contributed by atoms with Crippen LogP contribution in [0.5, 0.6) is 5.88 Å². The highest BCUT2D eigenvalue weighted by atomic mass is 19.1. The number of likely N-dealkylation sites (N-methyl/N-ethyl adjacent to an activating group) is 1. The molecular weight excluding hydrogens is 433 g/mol. The molecule has 0 saturated heterocycles. The van der Waals surface area contributed by atoms with Crippen LogP contribution in [0, 0.1) is 5.82 Å². The number of halogens is 1. The summed E-state index contributed by atoms with van der Waals surface area (Å²) >= 11 is 0. The third-order valence-electron chi connectivity index (χ3n) is 5.56. The van der Waals surface area contributed by atoms with Crippen LogP contribution in [0.25, 0.3) is 10.9 Å². The molecule has 0 aliphatic rings. The maximum absolute atomic E-state index is 13.8. The summed E-state index contributed by atoms with van der Waals surface area (Å²) in [6, 6.07) is 19.2. The minimum Gasteiger partial charge on any atom is -0.494 e. The highest BCUT2D eigenvalue weighted by Gasteiger charge is 2.19. The van der Waals surface area contributed by atoms with Crippen molar-refractivity contribution in [3.63, 3.8) is 0 Å². The molecule has 0 fully saturated rings. The summed E-state index contributed by atoms with van der Waals surface area (Å²) < 4.78 is 13.8. The molecule has 0 radical (unpaired) electrons. The lowest BCUT2D eigenvalue weighted by Crippen LogP contribution is -2.14. The van der Waals surface area contributed by atoms with Crippen molar-refractivity contribution in [2.75, 3.05) is 20.6 Å². The lowest BCUT2D eigenvalue weighted by molar-refractivity contribution is -0.136. The molecule has 7 heteroatoms. The number of aliphatic carboxylic acids is 1. The highest BCUT2D eigenvalue weighted by Crippen LogP contribution is 2.32. The molecule has 0 amide bonds. The molecule has 3 N–H and O–H groups in total. The Kier molecular flexibility index (Phi) is 6.75. The van der Waals surface area contributed by atoms with Crippen molar-refractivity contribution in [2.24, 2.45) is 4.99 Å². The lowest BCUT2D eigenvalue weighted by atomic mass is 9.99. The van der Waals surface area contributed by atoms with Crippen molar-refractivity contribution >= 4 is 28.3 Å². The number of hydrogen-bond donors (Lipinski definition) is 3. The maximum atomic E-state index is 13.8. The Balaban J connectivity index is 1.84. The fourth-order valence-electron chi connectivity index (χ4n) is 3.88. The second-order valence-electron chi connectivity index (χ2n) is 8.49. The third-order valence-corrected chi connectivity index (χ3v) is 5.56. The van der Waals surface area contributed by atoms with Gasteiger partial charge < -0.3 is 20.1 Å². The third kappa shape index (κ3) is 5.32. The molecule has 0 bridgehead atoms. The quantitative estimate of drug-likeness (QED) is 0.327. The summed E-state index contributed by atoms with van der Waals surface area (Å²) in [6.45, 7) is 0.903. The fourth-order valence-corrected chi connectivity index (χ4v) is 3.88. The van der Waals surface area contributed by atoms with Crippen LogP contribution in [0.4, 0.5) is 10.1 Å². The molecule has 3 aromatic carbocycles. The fraction of sp³-hybridized carbons (Fsp3) is 0.185. The number of nitrogens with one attached hydrogen (secondary N) is 1. The van der Waals surface area contributed by atoms with Crippen molar-refractivity contribution in [2.45, 2.75) is 12.8 Å². The number of carbonyl (C=O) groups is 1. The first-order valence-corrected chi connectivity index (χ1v) is 10.9. The number of rotatable bonds is 8. The molecule has 4 rings (SSSR count). The Morgan fingerprint density at radius 3 is 2.50 bits per heavy atom. The molecule has 0 unspecified atom stereocenters. The average molecular weight is 460 g/mol. The van der Waals surface area contributed by atoms with Crippen molar-refractivity contribution in [3.05, 3.63) is 94.8 Å². The molecule has 0 atom stereocenters. The SMILES string of the molecule is CN(C)CCc1cccc(N=C(c2ccc(CC(=O)O)cc2)c2c(O)[nH]c3cc(F)ccc23)c1. The summed E-state index contributed by atoms with van der Waals surface area (Å²) in [5.74, 6) is -1.43. The van der Waals surface area contributed by atoms with E-state index in [9.17, 15) is 14.3 Å². The van der Waals surface area contributed by atoms with E-state index < -0.39 is 11.8 Å². The molecule has 0 spiro atoms. The van der Waals surface area contributed by atoms with Crippen LogP contribution in [0.3, 0.4) is 0 Å². The minimum absolute atomic E-state index is 0.0850. The number of aromatic amines is 1. The van der Waals surface area contributed by atoms with Crippen molar-refractivity contribution in [3.8, 4) is 5.88 Å². The smallest absolute Gasteiger partial charge is 0.307 e. The van der Waals surface area contributed by atoms with Gasteiger partial charge in [-0.15, -0.1) is 0 Å². The molecule has 1 heterocycles. The Morgan fingerprint density at radius 2 is 1.79 bits per heavy atom. The molecule has 34 heavy (non-hydrogen) atoms. The number of carboxylic acid groups (broad SMARTS) is 1. The Bertz CT molecular complexity index is 1360. The van der Waals surface area contributed by atoms with Gasteiger partial charge in [0.05, 0.1) is 28.9 Å². The molecule has 0 aliphatic heterocycles. The zero-order chi connectivity index (χ0) is 24.2. The summed E-state index contributed by atoms with van der Waals surface area (Å²) in [6.07, 6.45) is 0.783. The topological polar surface area (TPSA) is 88.9 Å². The van der Waals surface area contributed by atoms with E-state index in [0.29, 0.717) is 33.3 Å². The first kappa shape index (κ1) is 23.2. The molecule has 4 aromatic rings. The van der Waals surface area contributed by atoms with E-state index in [2.05, 4.69) is 16.0 Å².